The molecule has 1 aromatic heterocycles. The predicted octanol–water partition coefficient (Wildman–Crippen LogP) is 2.94. The molecule has 0 fully saturated rings. The van der Waals surface area contributed by atoms with Gasteiger partial charge in [-0.3, -0.25) is 10.1 Å². The van der Waals surface area contributed by atoms with Crippen LogP contribution in [-0.2, 0) is 17.6 Å². The third kappa shape index (κ3) is 5.46. The Bertz CT molecular complexity index is 719. The fourth-order valence-corrected chi connectivity index (χ4v) is 3.49. The molecule has 1 heterocycles. The normalized spacial score (nSPS) is 14.8. The topological polar surface area (TPSA) is 94.9 Å². The Morgan fingerprint density at radius 2 is 2.00 bits per heavy atom. The summed E-state index contributed by atoms with van der Waals surface area (Å²) in [5.41, 5.74) is 2.22. The lowest BCUT2D eigenvalue weighted by molar-refractivity contribution is -0.119. The summed E-state index contributed by atoms with van der Waals surface area (Å²) in [4.78, 5) is 28.7. The molecule has 0 aliphatic heterocycles. The third-order valence-corrected chi connectivity index (χ3v) is 4.87. The maximum Gasteiger partial charge on any atom is 0.321 e. The molecule has 2 N–H and O–H groups in total. The Balaban J connectivity index is 2.07. The molecule has 1 aromatic rings. The van der Waals surface area contributed by atoms with Crippen molar-refractivity contribution >= 4 is 23.7 Å². The number of carbonyl (C=O) groups excluding carboxylic acids is 2. The zero-order chi connectivity index (χ0) is 18.6. The van der Waals surface area contributed by atoms with Gasteiger partial charge in [-0.05, 0) is 65.0 Å². The first-order valence-electron chi connectivity index (χ1n) is 8.42. The molecule has 1 atom stereocenters. The van der Waals surface area contributed by atoms with Crippen LogP contribution in [-0.4, -0.2) is 27.7 Å². The highest BCUT2D eigenvalue weighted by Gasteiger charge is 2.23. The Hall–Kier alpha value is -2.07. The van der Waals surface area contributed by atoms with Crippen LogP contribution < -0.4 is 10.6 Å². The highest BCUT2D eigenvalue weighted by molar-refractivity contribution is 8.00. The molecule has 6 nitrogen and oxygen atoms in total. The molecule has 1 aliphatic carbocycles. The van der Waals surface area contributed by atoms with Gasteiger partial charge in [0.2, 0.25) is 5.91 Å². The largest absolute Gasteiger partial charge is 0.333 e. The quantitative estimate of drug-likeness (QED) is 0.808. The minimum absolute atomic E-state index is 0.407. The van der Waals surface area contributed by atoms with Crippen LogP contribution in [0, 0.1) is 11.3 Å². The van der Waals surface area contributed by atoms with Crippen molar-refractivity contribution < 1.29 is 9.59 Å². The molecular weight excluding hydrogens is 336 g/mol. The van der Waals surface area contributed by atoms with Crippen molar-refractivity contribution in [3.05, 3.63) is 22.9 Å². The second-order valence-corrected chi connectivity index (χ2v) is 8.55. The van der Waals surface area contributed by atoms with E-state index in [1.807, 2.05) is 26.8 Å². The molecule has 1 aliphatic rings. The van der Waals surface area contributed by atoms with Crippen LogP contribution in [0.25, 0.3) is 0 Å². The maximum atomic E-state index is 12.2. The standard InChI is InChI=1S/C18H24N4O2S/c1-11(15(23)21-17(24)22-18(2,3)4)25-16-13(10-19)9-12-7-5-6-8-14(12)20-16/h9,11H,5-8H2,1-4H3,(H2,21,22,23,24). The second-order valence-electron chi connectivity index (χ2n) is 7.22. The summed E-state index contributed by atoms with van der Waals surface area (Å²) in [6.45, 7) is 7.22. The van der Waals surface area contributed by atoms with E-state index in [-0.39, 0.29) is 0 Å². The Labute approximate surface area is 152 Å². The number of imide groups is 1. The lowest BCUT2D eigenvalue weighted by Gasteiger charge is -2.21. The zero-order valence-corrected chi connectivity index (χ0v) is 15.9. The number of rotatable bonds is 3. The lowest BCUT2D eigenvalue weighted by Crippen LogP contribution is -2.49. The molecule has 0 spiro atoms. The number of pyridine rings is 1. The van der Waals surface area contributed by atoms with Crippen LogP contribution in [0.4, 0.5) is 4.79 Å². The van der Waals surface area contributed by atoms with E-state index in [1.54, 1.807) is 6.92 Å². The van der Waals surface area contributed by atoms with Crippen molar-refractivity contribution in [1.82, 2.24) is 15.6 Å². The minimum Gasteiger partial charge on any atom is -0.333 e. The molecule has 0 saturated carbocycles. The van der Waals surface area contributed by atoms with Crippen molar-refractivity contribution in [2.24, 2.45) is 0 Å². The fourth-order valence-electron chi connectivity index (χ4n) is 2.59. The van der Waals surface area contributed by atoms with E-state index in [4.69, 9.17) is 0 Å². The summed E-state index contributed by atoms with van der Waals surface area (Å²) in [5.74, 6) is -0.407. The molecule has 2 rings (SSSR count). The molecule has 1 unspecified atom stereocenters. The number of carbonyl (C=O) groups is 2. The molecule has 3 amide bonds. The van der Waals surface area contributed by atoms with E-state index >= 15 is 0 Å². The van der Waals surface area contributed by atoms with E-state index in [0.717, 1.165) is 36.9 Å². The van der Waals surface area contributed by atoms with Gasteiger partial charge in [-0.1, -0.05) is 11.8 Å². The number of nitrogens with one attached hydrogen (secondary N) is 2. The van der Waals surface area contributed by atoms with Gasteiger partial charge in [-0.2, -0.15) is 5.26 Å². The summed E-state index contributed by atoms with van der Waals surface area (Å²) in [7, 11) is 0. The van der Waals surface area contributed by atoms with E-state index in [2.05, 4.69) is 21.7 Å². The summed E-state index contributed by atoms with van der Waals surface area (Å²) in [6, 6.07) is 3.53. The third-order valence-electron chi connectivity index (χ3n) is 3.77. The second kappa shape index (κ2) is 7.87. The van der Waals surface area contributed by atoms with Crippen LogP contribution in [0.15, 0.2) is 11.1 Å². The number of aromatic nitrogens is 1. The SMILES string of the molecule is CC(Sc1nc2c(cc1C#N)CCCC2)C(=O)NC(=O)NC(C)(C)C. The van der Waals surface area contributed by atoms with Crippen LogP contribution in [0.5, 0.6) is 0 Å². The fraction of sp³-hybridized carbons (Fsp3) is 0.556. The van der Waals surface area contributed by atoms with Gasteiger partial charge < -0.3 is 5.32 Å². The van der Waals surface area contributed by atoms with Gasteiger partial charge in [-0.15, -0.1) is 0 Å². The highest BCUT2D eigenvalue weighted by atomic mass is 32.2. The van der Waals surface area contributed by atoms with Crippen molar-refractivity contribution in [3.8, 4) is 6.07 Å². The van der Waals surface area contributed by atoms with Crippen molar-refractivity contribution in [2.45, 2.75) is 69.2 Å². The highest BCUT2D eigenvalue weighted by Crippen LogP contribution is 2.29. The van der Waals surface area contributed by atoms with Crippen LogP contribution in [0.2, 0.25) is 0 Å². The average Bonchev–Trinajstić information content (AvgIpc) is 2.52. The van der Waals surface area contributed by atoms with Crippen molar-refractivity contribution in [2.75, 3.05) is 0 Å². The number of nitriles is 1. The first-order valence-corrected chi connectivity index (χ1v) is 9.30. The summed E-state index contributed by atoms with van der Waals surface area (Å²) >= 11 is 1.21. The zero-order valence-electron chi connectivity index (χ0n) is 15.1. The maximum absolute atomic E-state index is 12.2. The molecule has 0 radical (unpaired) electrons. The minimum atomic E-state index is -0.535. The van der Waals surface area contributed by atoms with Gasteiger partial charge >= 0.3 is 6.03 Å². The van der Waals surface area contributed by atoms with Gasteiger partial charge in [0.05, 0.1) is 10.8 Å². The first-order chi connectivity index (χ1) is 11.7. The van der Waals surface area contributed by atoms with E-state index < -0.39 is 22.7 Å². The molecule has 7 heteroatoms. The number of aryl methyl sites for hydroxylation is 2. The average molecular weight is 360 g/mol. The molecule has 0 aromatic carbocycles. The molecule has 0 saturated heterocycles. The molecule has 0 bridgehead atoms. The van der Waals surface area contributed by atoms with E-state index in [0.29, 0.717) is 10.6 Å². The molecule has 25 heavy (non-hydrogen) atoms. The van der Waals surface area contributed by atoms with Crippen LogP contribution in [0.1, 0.15) is 57.4 Å². The van der Waals surface area contributed by atoms with Crippen LogP contribution >= 0.6 is 11.8 Å². The Morgan fingerprint density at radius 1 is 1.32 bits per heavy atom. The molecular formula is C18H24N4O2S. The predicted molar refractivity (Wildman–Crippen MR) is 97.3 cm³/mol. The van der Waals surface area contributed by atoms with E-state index in [9.17, 15) is 14.9 Å². The number of hydrogen-bond donors (Lipinski definition) is 2. The van der Waals surface area contributed by atoms with Crippen LogP contribution in [0.3, 0.4) is 0 Å². The number of amides is 3. The van der Waals surface area contributed by atoms with Gasteiger partial charge in [0.15, 0.2) is 0 Å². The number of hydrogen-bond acceptors (Lipinski definition) is 5. The number of thioether (sulfide) groups is 1. The van der Waals surface area contributed by atoms with Gasteiger partial charge in [-0.25, -0.2) is 9.78 Å². The summed E-state index contributed by atoms with van der Waals surface area (Å²) in [6.07, 6.45) is 4.07. The molecule has 134 valence electrons. The first kappa shape index (κ1) is 19.3. The van der Waals surface area contributed by atoms with Crippen molar-refractivity contribution in [1.29, 1.82) is 5.26 Å². The number of fused-ring (bicyclic) bond motifs is 1. The Kier molecular flexibility index (Phi) is 6.07. The van der Waals surface area contributed by atoms with Gasteiger partial charge in [0.1, 0.15) is 11.1 Å². The monoisotopic (exact) mass is 360 g/mol. The number of urea groups is 1. The lowest BCUT2D eigenvalue weighted by atomic mass is 9.95. The summed E-state index contributed by atoms with van der Waals surface area (Å²) in [5, 5.41) is 14.4. The van der Waals surface area contributed by atoms with Crippen molar-refractivity contribution in [3.63, 3.8) is 0 Å². The van der Waals surface area contributed by atoms with E-state index in [1.165, 1.54) is 11.8 Å². The van der Waals surface area contributed by atoms with Gasteiger partial charge in [0, 0.05) is 11.2 Å². The summed E-state index contributed by atoms with van der Waals surface area (Å²) < 4.78 is 0. The number of nitrogens with zero attached hydrogens (tertiary/aromatic N) is 2. The Morgan fingerprint density at radius 3 is 2.64 bits per heavy atom. The smallest absolute Gasteiger partial charge is 0.321 e. The van der Waals surface area contributed by atoms with Gasteiger partial charge in [0.25, 0.3) is 0 Å².